The Morgan fingerprint density at radius 1 is 0.861 bits per heavy atom. The van der Waals surface area contributed by atoms with E-state index < -0.39 is 17.7 Å². The van der Waals surface area contributed by atoms with Crippen LogP contribution in [0.15, 0.2) is 42.5 Å². The molecule has 0 amide bonds. The lowest BCUT2D eigenvalue weighted by molar-refractivity contribution is -0.208. The third-order valence-corrected chi connectivity index (χ3v) is 6.43. The van der Waals surface area contributed by atoms with Gasteiger partial charge in [0.15, 0.2) is 6.29 Å². The van der Waals surface area contributed by atoms with Gasteiger partial charge in [0.2, 0.25) is 0 Å². The molecule has 1 heterocycles. The fourth-order valence-corrected chi connectivity index (χ4v) is 4.20. The summed E-state index contributed by atoms with van der Waals surface area (Å²) < 4.78 is 37.3. The van der Waals surface area contributed by atoms with Crippen LogP contribution in [-0.4, -0.2) is 32.1 Å². The summed E-state index contributed by atoms with van der Waals surface area (Å²) in [6.07, 6.45) is 11.2. The van der Waals surface area contributed by atoms with Crippen LogP contribution >= 0.6 is 0 Å². The number of unbranched alkanes of at least 4 members (excludes halogenated alkanes) is 7. The zero-order chi connectivity index (χ0) is 25.6. The van der Waals surface area contributed by atoms with Crippen molar-refractivity contribution in [1.82, 2.24) is 0 Å². The Morgan fingerprint density at radius 2 is 1.50 bits per heavy atom. The minimum absolute atomic E-state index is 0.171. The fraction of sp³-hybridized carbons (Fsp3) is 0.567. The molecule has 0 unspecified atom stereocenters. The second-order valence-corrected chi connectivity index (χ2v) is 9.49. The van der Waals surface area contributed by atoms with E-state index in [-0.39, 0.29) is 25.3 Å². The summed E-state index contributed by atoms with van der Waals surface area (Å²) in [5.41, 5.74) is 1.18. The molecule has 1 saturated heterocycles. The number of ether oxygens (including phenoxy) is 4. The smallest absolute Gasteiger partial charge is 0.319 e. The molecule has 0 bridgehead atoms. The molecule has 1 fully saturated rings. The highest BCUT2D eigenvalue weighted by Gasteiger charge is 2.29. The molecule has 36 heavy (non-hydrogen) atoms. The van der Waals surface area contributed by atoms with Gasteiger partial charge in [-0.3, -0.25) is 4.79 Å². The molecule has 6 heteroatoms. The number of hydrogen-bond donors (Lipinski definition) is 0. The van der Waals surface area contributed by atoms with Crippen LogP contribution in [0.3, 0.4) is 0 Å². The first kappa shape index (κ1) is 28.1. The monoisotopic (exact) mass is 500 g/mol. The van der Waals surface area contributed by atoms with Crippen LogP contribution in [0.5, 0.6) is 11.5 Å². The van der Waals surface area contributed by atoms with Crippen molar-refractivity contribution in [2.45, 2.75) is 84.3 Å². The standard InChI is InChI=1S/C30H41FO5/c1-3-5-7-8-9-11-19-33-25-15-13-23(14-16-25)27-18-17-26(20-28(27)31)36-30(32)24-21-34-29(35-22-24)12-10-6-4-2/h13-18,20,24,29H,3-12,19,21-22H2,1-2H3. The lowest BCUT2D eigenvalue weighted by Crippen LogP contribution is -2.38. The van der Waals surface area contributed by atoms with Gasteiger partial charge in [0.1, 0.15) is 23.2 Å². The van der Waals surface area contributed by atoms with Crippen LogP contribution in [0.4, 0.5) is 4.39 Å². The van der Waals surface area contributed by atoms with E-state index in [2.05, 4.69) is 13.8 Å². The summed E-state index contributed by atoms with van der Waals surface area (Å²) in [4.78, 5) is 12.5. The number of benzene rings is 2. The number of rotatable bonds is 15. The minimum atomic E-state index is -0.515. The van der Waals surface area contributed by atoms with E-state index in [4.69, 9.17) is 18.9 Å². The van der Waals surface area contributed by atoms with Crippen molar-refractivity contribution in [2.24, 2.45) is 5.92 Å². The second-order valence-electron chi connectivity index (χ2n) is 9.49. The lowest BCUT2D eigenvalue weighted by atomic mass is 10.0. The summed E-state index contributed by atoms with van der Waals surface area (Å²) in [6, 6.07) is 11.9. The average molecular weight is 501 g/mol. The van der Waals surface area contributed by atoms with E-state index in [0.717, 1.165) is 43.4 Å². The minimum Gasteiger partial charge on any atom is -0.494 e. The van der Waals surface area contributed by atoms with Gasteiger partial charge in [-0.15, -0.1) is 0 Å². The normalized spacial score (nSPS) is 17.6. The first-order valence-electron chi connectivity index (χ1n) is 13.6. The summed E-state index contributed by atoms with van der Waals surface area (Å²) in [7, 11) is 0. The van der Waals surface area contributed by atoms with Crippen LogP contribution in [0.1, 0.15) is 78.1 Å². The van der Waals surface area contributed by atoms with Crippen LogP contribution in [0.2, 0.25) is 0 Å². The maximum Gasteiger partial charge on any atom is 0.319 e. The molecule has 5 nitrogen and oxygen atoms in total. The van der Waals surface area contributed by atoms with E-state index in [9.17, 15) is 9.18 Å². The molecule has 0 aromatic heterocycles. The maximum atomic E-state index is 14.8. The molecule has 2 aromatic rings. The summed E-state index contributed by atoms with van der Waals surface area (Å²) in [5, 5.41) is 0. The van der Waals surface area contributed by atoms with Crippen LogP contribution in [0, 0.1) is 11.7 Å². The third kappa shape index (κ3) is 9.21. The number of hydrogen-bond acceptors (Lipinski definition) is 5. The van der Waals surface area contributed by atoms with Gasteiger partial charge < -0.3 is 18.9 Å². The van der Waals surface area contributed by atoms with Gasteiger partial charge in [0, 0.05) is 11.6 Å². The van der Waals surface area contributed by atoms with Crippen molar-refractivity contribution in [2.75, 3.05) is 19.8 Å². The predicted molar refractivity (Wildman–Crippen MR) is 140 cm³/mol. The van der Waals surface area contributed by atoms with Crippen LogP contribution in [0.25, 0.3) is 11.1 Å². The van der Waals surface area contributed by atoms with Gasteiger partial charge in [-0.1, -0.05) is 70.9 Å². The van der Waals surface area contributed by atoms with Gasteiger partial charge in [0.05, 0.1) is 19.8 Å². The first-order chi connectivity index (χ1) is 17.6. The first-order valence-corrected chi connectivity index (χ1v) is 13.6. The van der Waals surface area contributed by atoms with Crippen molar-refractivity contribution in [3.05, 3.63) is 48.3 Å². The van der Waals surface area contributed by atoms with Gasteiger partial charge >= 0.3 is 5.97 Å². The zero-order valence-electron chi connectivity index (χ0n) is 21.8. The molecule has 2 aromatic carbocycles. The van der Waals surface area contributed by atoms with Crippen molar-refractivity contribution in [1.29, 1.82) is 0 Å². The predicted octanol–water partition coefficient (Wildman–Crippen LogP) is 7.71. The van der Waals surface area contributed by atoms with E-state index in [0.29, 0.717) is 12.2 Å². The van der Waals surface area contributed by atoms with Crippen LogP contribution < -0.4 is 9.47 Å². The summed E-state index contributed by atoms with van der Waals surface area (Å²) >= 11 is 0. The topological polar surface area (TPSA) is 54.0 Å². The van der Waals surface area contributed by atoms with E-state index >= 15 is 0 Å². The third-order valence-electron chi connectivity index (χ3n) is 6.43. The Kier molecular flexibility index (Phi) is 12.2. The van der Waals surface area contributed by atoms with Crippen molar-refractivity contribution < 1.29 is 28.1 Å². The Labute approximate surface area is 215 Å². The molecule has 0 aliphatic carbocycles. The quantitative estimate of drug-likeness (QED) is 0.142. The highest BCUT2D eigenvalue weighted by molar-refractivity contribution is 5.76. The molecule has 1 aliphatic heterocycles. The Bertz CT molecular complexity index is 906. The van der Waals surface area contributed by atoms with Gasteiger partial charge in [-0.2, -0.15) is 0 Å². The molecule has 0 atom stereocenters. The van der Waals surface area contributed by atoms with Crippen LogP contribution in [-0.2, 0) is 14.3 Å². The molecule has 198 valence electrons. The molecule has 3 rings (SSSR count). The largest absolute Gasteiger partial charge is 0.494 e. The number of esters is 1. The maximum absolute atomic E-state index is 14.8. The number of carbonyl (C=O) groups is 1. The number of carbonyl (C=O) groups excluding carboxylic acids is 1. The Morgan fingerprint density at radius 3 is 2.19 bits per heavy atom. The van der Waals surface area contributed by atoms with Crippen molar-refractivity contribution in [3.63, 3.8) is 0 Å². The highest BCUT2D eigenvalue weighted by Crippen LogP contribution is 2.28. The molecular formula is C30H41FO5. The Balaban J connectivity index is 1.44. The average Bonchev–Trinajstić information content (AvgIpc) is 2.89. The lowest BCUT2D eigenvalue weighted by Gasteiger charge is -2.28. The van der Waals surface area contributed by atoms with Gasteiger partial charge in [-0.25, -0.2) is 4.39 Å². The fourth-order valence-electron chi connectivity index (χ4n) is 4.20. The van der Waals surface area contributed by atoms with Gasteiger partial charge in [-0.05, 0) is 49.1 Å². The van der Waals surface area contributed by atoms with Crippen molar-refractivity contribution >= 4 is 5.97 Å². The van der Waals surface area contributed by atoms with Crippen molar-refractivity contribution in [3.8, 4) is 22.6 Å². The van der Waals surface area contributed by atoms with E-state index in [1.807, 2.05) is 24.3 Å². The van der Waals surface area contributed by atoms with E-state index in [1.165, 1.54) is 38.2 Å². The SMILES string of the molecule is CCCCCCCCOc1ccc(-c2ccc(OC(=O)C3COC(CCCCC)OC3)cc2F)cc1. The Hall–Kier alpha value is -2.44. The summed E-state index contributed by atoms with van der Waals surface area (Å²) in [5.74, 6) is -0.485. The second kappa shape index (κ2) is 15.6. The number of halogens is 1. The molecule has 0 spiro atoms. The zero-order valence-corrected chi connectivity index (χ0v) is 21.8. The van der Waals surface area contributed by atoms with Gasteiger partial charge in [0.25, 0.3) is 0 Å². The van der Waals surface area contributed by atoms with E-state index in [1.54, 1.807) is 12.1 Å². The molecule has 0 saturated carbocycles. The highest BCUT2D eigenvalue weighted by atomic mass is 19.1. The summed E-state index contributed by atoms with van der Waals surface area (Å²) in [6.45, 7) is 5.56. The molecular weight excluding hydrogens is 459 g/mol. The molecule has 0 radical (unpaired) electrons. The molecule has 0 N–H and O–H groups in total. The molecule has 1 aliphatic rings.